The minimum absolute atomic E-state index is 0.113. The van der Waals surface area contributed by atoms with Crippen LogP contribution in [0.4, 0.5) is 0 Å². The van der Waals surface area contributed by atoms with E-state index >= 15 is 0 Å². The third kappa shape index (κ3) is 14.2. The summed E-state index contributed by atoms with van der Waals surface area (Å²) in [6.45, 7) is 4.49. The zero-order valence-electron chi connectivity index (χ0n) is 39.2. The number of nitrogens with zero attached hydrogens (tertiary/aromatic N) is 6. The summed E-state index contributed by atoms with van der Waals surface area (Å²) in [5.74, 6) is 0.904. The molecular formula is C57H58N6O6. The molecule has 9 rings (SSSR count). The SMILES string of the molecule is CC(=O)Cc1c(Cc2ccccc2)ncn1Cc1cccc(O)c1.COCc1c(-c2ccccc2)ncn1Cc1cccc(O)c1.COCc1c(Cc2ccccc2)ncn1Cc1cccc(O)c1. The molecule has 12 heteroatoms. The molecule has 3 heterocycles. The molecule has 0 amide bonds. The van der Waals surface area contributed by atoms with Crippen molar-refractivity contribution in [3.05, 3.63) is 239 Å². The predicted octanol–water partition coefficient (Wildman–Crippen LogP) is 10.2. The number of aromatic nitrogens is 6. The fraction of sp³-hybridized carbons (Fsp3) is 0.193. The number of aromatic hydroxyl groups is 3. The van der Waals surface area contributed by atoms with Gasteiger partial charge in [-0.2, -0.15) is 0 Å². The van der Waals surface area contributed by atoms with Crippen LogP contribution in [0.3, 0.4) is 0 Å². The van der Waals surface area contributed by atoms with Gasteiger partial charge in [0.25, 0.3) is 0 Å². The summed E-state index contributed by atoms with van der Waals surface area (Å²) in [4.78, 5) is 25.3. The number of benzene rings is 6. The lowest BCUT2D eigenvalue weighted by molar-refractivity contribution is -0.116. The highest BCUT2D eigenvalue weighted by Crippen LogP contribution is 2.25. The van der Waals surface area contributed by atoms with Crippen molar-refractivity contribution >= 4 is 5.78 Å². The van der Waals surface area contributed by atoms with Crippen molar-refractivity contribution in [3.63, 3.8) is 0 Å². The van der Waals surface area contributed by atoms with Gasteiger partial charge in [-0.15, -0.1) is 0 Å². The van der Waals surface area contributed by atoms with Crippen LogP contribution in [0.15, 0.2) is 183 Å². The molecule has 6 aromatic carbocycles. The van der Waals surface area contributed by atoms with Crippen LogP contribution in [0.25, 0.3) is 11.3 Å². The molecule has 352 valence electrons. The second-order valence-electron chi connectivity index (χ2n) is 16.6. The Labute approximate surface area is 403 Å². The molecule has 3 aromatic heterocycles. The normalized spacial score (nSPS) is 10.8. The Morgan fingerprint density at radius 3 is 1.28 bits per heavy atom. The number of phenolic OH excluding ortho intramolecular Hbond substituents is 3. The average molecular weight is 923 g/mol. The van der Waals surface area contributed by atoms with Crippen molar-refractivity contribution in [1.82, 2.24) is 28.7 Å². The molecule has 0 spiro atoms. The highest BCUT2D eigenvalue weighted by atomic mass is 16.5. The minimum Gasteiger partial charge on any atom is -0.508 e. The maximum absolute atomic E-state index is 11.7. The Bertz CT molecular complexity index is 3000. The van der Waals surface area contributed by atoms with Gasteiger partial charge in [0.05, 0.1) is 60.7 Å². The van der Waals surface area contributed by atoms with E-state index in [1.54, 1.807) is 63.9 Å². The van der Waals surface area contributed by atoms with Crippen molar-refractivity contribution in [1.29, 1.82) is 0 Å². The van der Waals surface area contributed by atoms with Gasteiger partial charge in [0.1, 0.15) is 23.0 Å². The second-order valence-corrected chi connectivity index (χ2v) is 16.6. The molecule has 0 fully saturated rings. The molecule has 0 unspecified atom stereocenters. The molecule has 0 aliphatic rings. The molecule has 0 aliphatic heterocycles. The van der Waals surface area contributed by atoms with Gasteiger partial charge < -0.3 is 38.5 Å². The van der Waals surface area contributed by atoms with Gasteiger partial charge in [-0.1, -0.05) is 127 Å². The number of phenols is 3. The van der Waals surface area contributed by atoms with Gasteiger partial charge in [0.2, 0.25) is 0 Å². The number of rotatable bonds is 17. The lowest BCUT2D eigenvalue weighted by atomic mass is 10.1. The van der Waals surface area contributed by atoms with Crippen LogP contribution < -0.4 is 0 Å². The van der Waals surface area contributed by atoms with Crippen molar-refractivity contribution in [2.45, 2.75) is 59.0 Å². The van der Waals surface area contributed by atoms with Gasteiger partial charge in [-0.25, -0.2) is 15.0 Å². The summed E-state index contributed by atoms with van der Waals surface area (Å²) in [6.07, 6.45) is 7.29. The van der Waals surface area contributed by atoms with Crippen LogP contribution in [0.5, 0.6) is 17.2 Å². The largest absolute Gasteiger partial charge is 0.508 e. The number of hydrogen-bond acceptors (Lipinski definition) is 9. The Kier molecular flexibility index (Phi) is 17.4. The summed E-state index contributed by atoms with van der Waals surface area (Å²) in [5.41, 5.74) is 12.4. The quantitative estimate of drug-likeness (QED) is 0.0811. The van der Waals surface area contributed by atoms with Crippen LogP contribution >= 0.6 is 0 Å². The van der Waals surface area contributed by atoms with Gasteiger partial charge in [-0.3, -0.25) is 4.79 Å². The smallest absolute Gasteiger partial charge is 0.135 e. The standard InChI is InChI=1S/C20H20N2O2.C19H20N2O2.C18H18N2O2/c1-15(23)10-20-19(12-16-6-3-2-4-7-16)21-14-22(20)13-17-8-5-9-18(24)11-17;1-23-13-19-18(11-15-6-3-2-4-7-15)20-14-21(19)12-16-8-5-9-17(22)10-16;1-22-12-17-18(15-7-3-2-4-8-15)19-13-20(17)11-14-6-5-9-16(21)10-14/h2-9,11,14,24H,10,12-13H2,1H3;2-10,14,22H,11-13H2,1H3;2-10,13,21H,11-12H2,1H3. The maximum atomic E-state index is 11.7. The molecule has 0 aliphatic carbocycles. The van der Waals surface area contributed by atoms with Crippen LogP contribution in [0.2, 0.25) is 0 Å². The zero-order chi connectivity index (χ0) is 48.4. The topological polar surface area (TPSA) is 150 Å². The van der Waals surface area contributed by atoms with Crippen molar-refractivity contribution in [2.24, 2.45) is 0 Å². The van der Waals surface area contributed by atoms with E-state index in [2.05, 4.69) is 48.4 Å². The summed E-state index contributed by atoms with van der Waals surface area (Å²) >= 11 is 0. The third-order valence-corrected chi connectivity index (χ3v) is 11.3. The summed E-state index contributed by atoms with van der Waals surface area (Å²) in [6, 6.07) is 52.2. The number of carbonyl (C=O) groups excluding carboxylic acids is 1. The number of methoxy groups -OCH3 is 2. The lowest BCUT2D eigenvalue weighted by Crippen LogP contribution is -2.09. The van der Waals surface area contributed by atoms with E-state index in [1.807, 2.05) is 120 Å². The van der Waals surface area contributed by atoms with Crippen LogP contribution in [0.1, 0.15) is 63.2 Å². The predicted molar refractivity (Wildman–Crippen MR) is 268 cm³/mol. The third-order valence-electron chi connectivity index (χ3n) is 11.3. The van der Waals surface area contributed by atoms with E-state index in [9.17, 15) is 20.1 Å². The molecule has 69 heavy (non-hydrogen) atoms. The second kappa shape index (κ2) is 24.6. The Hall–Kier alpha value is -8.06. The van der Waals surface area contributed by atoms with Crippen molar-refractivity contribution in [3.8, 4) is 28.5 Å². The molecule has 9 aromatic rings. The van der Waals surface area contributed by atoms with Crippen LogP contribution in [0, 0.1) is 0 Å². The van der Waals surface area contributed by atoms with E-state index in [4.69, 9.17) is 9.47 Å². The van der Waals surface area contributed by atoms with E-state index < -0.39 is 0 Å². The van der Waals surface area contributed by atoms with Gasteiger partial charge in [0, 0.05) is 64.4 Å². The minimum atomic E-state index is 0.113. The fourth-order valence-electron chi connectivity index (χ4n) is 8.01. The number of imidazole rings is 3. The maximum Gasteiger partial charge on any atom is 0.135 e. The fourth-order valence-corrected chi connectivity index (χ4v) is 8.01. The molecule has 12 nitrogen and oxygen atoms in total. The van der Waals surface area contributed by atoms with E-state index in [-0.39, 0.29) is 23.0 Å². The van der Waals surface area contributed by atoms with Gasteiger partial charge in [0.15, 0.2) is 0 Å². The van der Waals surface area contributed by atoms with E-state index in [0.717, 1.165) is 62.8 Å². The number of hydrogen-bond donors (Lipinski definition) is 3. The first-order valence-corrected chi connectivity index (χ1v) is 22.7. The summed E-state index contributed by atoms with van der Waals surface area (Å²) in [5, 5.41) is 28.8. The number of ketones is 1. The molecule has 0 saturated carbocycles. The average Bonchev–Trinajstić information content (AvgIpc) is 4.04. The molecule has 3 N–H and O–H groups in total. The Morgan fingerprint density at radius 2 is 0.841 bits per heavy atom. The van der Waals surface area contributed by atoms with Crippen molar-refractivity contribution in [2.75, 3.05) is 14.2 Å². The van der Waals surface area contributed by atoms with E-state index in [0.29, 0.717) is 45.7 Å². The number of Topliss-reactive ketones (excluding diaryl/α,β-unsaturated/α-hetero) is 1. The van der Waals surface area contributed by atoms with Crippen molar-refractivity contribution < 1.29 is 29.6 Å². The summed E-state index contributed by atoms with van der Waals surface area (Å²) < 4.78 is 16.8. The lowest BCUT2D eigenvalue weighted by Gasteiger charge is -2.10. The summed E-state index contributed by atoms with van der Waals surface area (Å²) in [7, 11) is 3.37. The number of ether oxygens (including phenoxy) is 2. The molecule has 0 atom stereocenters. The molecule has 0 bridgehead atoms. The molecule has 0 saturated heterocycles. The highest BCUT2D eigenvalue weighted by Gasteiger charge is 2.16. The molecule has 0 radical (unpaired) electrons. The van der Waals surface area contributed by atoms with Gasteiger partial charge in [-0.05, 0) is 71.1 Å². The first-order chi connectivity index (χ1) is 33.6. The Morgan fingerprint density at radius 1 is 0.464 bits per heavy atom. The Balaban J connectivity index is 0.000000153. The van der Waals surface area contributed by atoms with E-state index in [1.165, 1.54) is 11.1 Å². The monoisotopic (exact) mass is 922 g/mol. The molecular weight excluding hydrogens is 865 g/mol. The van der Waals surface area contributed by atoms with Crippen LogP contribution in [-0.4, -0.2) is 64.0 Å². The highest BCUT2D eigenvalue weighted by molar-refractivity contribution is 5.78. The van der Waals surface area contributed by atoms with Gasteiger partial charge >= 0.3 is 0 Å². The van der Waals surface area contributed by atoms with Crippen LogP contribution in [-0.2, 0) is 66.4 Å². The number of carbonyl (C=O) groups is 1. The first kappa shape index (κ1) is 48.9. The first-order valence-electron chi connectivity index (χ1n) is 22.7. The zero-order valence-corrected chi connectivity index (χ0v) is 39.2.